The van der Waals surface area contributed by atoms with E-state index in [-0.39, 0.29) is 11.1 Å². The highest BCUT2D eigenvalue weighted by Crippen LogP contribution is 2.23. The molecule has 0 aliphatic heterocycles. The van der Waals surface area contributed by atoms with Crippen LogP contribution in [0, 0.1) is 13.8 Å². The van der Waals surface area contributed by atoms with Gasteiger partial charge in [0.05, 0.1) is 5.69 Å². The molecule has 0 radical (unpaired) electrons. The first-order valence-electron chi connectivity index (χ1n) is 6.31. The smallest absolute Gasteiger partial charge is 0.206 e. The van der Waals surface area contributed by atoms with Crippen molar-refractivity contribution in [3.63, 3.8) is 0 Å². The standard InChI is InChI=1S/C15H17ClN2O2/c1-9-8-13(19)14(15(3,4)20)17-18(9)12-7-5-6-11(16)10(12)2/h5-8,20H,1-4H3. The van der Waals surface area contributed by atoms with E-state index in [9.17, 15) is 9.90 Å². The van der Waals surface area contributed by atoms with Crippen LogP contribution in [-0.4, -0.2) is 14.9 Å². The van der Waals surface area contributed by atoms with Gasteiger partial charge in [0, 0.05) is 16.8 Å². The maximum absolute atomic E-state index is 12.0. The van der Waals surface area contributed by atoms with Gasteiger partial charge in [0.2, 0.25) is 5.43 Å². The predicted octanol–water partition coefficient (Wildman–Crippen LogP) is 2.73. The second-order valence-corrected chi connectivity index (χ2v) is 5.76. The lowest BCUT2D eigenvalue weighted by Crippen LogP contribution is -2.30. The maximum Gasteiger partial charge on any atom is 0.206 e. The van der Waals surface area contributed by atoms with Crippen molar-refractivity contribution in [3.8, 4) is 5.69 Å². The monoisotopic (exact) mass is 292 g/mol. The summed E-state index contributed by atoms with van der Waals surface area (Å²) in [7, 11) is 0. The van der Waals surface area contributed by atoms with Gasteiger partial charge in [0.15, 0.2) is 0 Å². The molecule has 0 saturated heterocycles. The first kappa shape index (κ1) is 14.8. The zero-order valence-electron chi connectivity index (χ0n) is 11.9. The topological polar surface area (TPSA) is 55.1 Å². The summed E-state index contributed by atoms with van der Waals surface area (Å²) in [5, 5.41) is 15.0. The van der Waals surface area contributed by atoms with Gasteiger partial charge in [-0.05, 0) is 45.4 Å². The molecule has 106 valence electrons. The van der Waals surface area contributed by atoms with Crippen LogP contribution in [0.15, 0.2) is 29.1 Å². The summed E-state index contributed by atoms with van der Waals surface area (Å²) in [6.45, 7) is 6.77. The third-order valence-electron chi connectivity index (χ3n) is 3.15. The number of halogens is 1. The number of aromatic nitrogens is 2. The summed E-state index contributed by atoms with van der Waals surface area (Å²) in [5.74, 6) is 0. The lowest BCUT2D eigenvalue weighted by molar-refractivity contribution is 0.0709. The van der Waals surface area contributed by atoms with E-state index in [0.29, 0.717) is 10.7 Å². The number of hydrogen-bond acceptors (Lipinski definition) is 3. The lowest BCUT2D eigenvalue weighted by atomic mass is 10.0. The molecule has 5 heteroatoms. The van der Waals surface area contributed by atoms with Gasteiger partial charge < -0.3 is 5.11 Å². The molecule has 0 amide bonds. The number of rotatable bonds is 2. The van der Waals surface area contributed by atoms with Crippen molar-refractivity contribution in [1.29, 1.82) is 0 Å². The summed E-state index contributed by atoms with van der Waals surface area (Å²) >= 11 is 6.12. The van der Waals surface area contributed by atoms with Crippen LogP contribution in [-0.2, 0) is 5.60 Å². The Labute approximate surface area is 122 Å². The highest BCUT2D eigenvalue weighted by Gasteiger charge is 2.23. The minimum atomic E-state index is -1.29. The van der Waals surface area contributed by atoms with E-state index in [1.165, 1.54) is 6.07 Å². The highest BCUT2D eigenvalue weighted by atomic mass is 35.5. The van der Waals surface area contributed by atoms with Crippen LogP contribution in [0.25, 0.3) is 5.69 Å². The average molecular weight is 293 g/mol. The quantitative estimate of drug-likeness (QED) is 0.926. The zero-order chi connectivity index (χ0) is 15.1. The van der Waals surface area contributed by atoms with Crippen molar-refractivity contribution >= 4 is 11.6 Å². The molecule has 0 unspecified atom stereocenters. The summed E-state index contributed by atoms with van der Waals surface area (Å²) in [4.78, 5) is 12.0. The van der Waals surface area contributed by atoms with Crippen LogP contribution in [0.3, 0.4) is 0 Å². The number of aryl methyl sites for hydroxylation is 1. The Balaban J connectivity index is 2.75. The van der Waals surface area contributed by atoms with Gasteiger partial charge in [-0.25, -0.2) is 4.68 Å². The molecule has 0 fully saturated rings. The van der Waals surface area contributed by atoms with Crippen LogP contribution in [0.1, 0.15) is 30.8 Å². The molecule has 0 aliphatic rings. The first-order chi connectivity index (χ1) is 9.21. The van der Waals surface area contributed by atoms with Crippen molar-refractivity contribution in [1.82, 2.24) is 9.78 Å². The molecule has 1 aromatic carbocycles. The first-order valence-corrected chi connectivity index (χ1v) is 6.69. The summed E-state index contributed by atoms with van der Waals surface area (Å²) < 4.78 is 1.63. The Morgan fingerprint density at radius 3 is 2.55 bits per heavy atom. The molecule has 1 aromatic heterocycles. The molecule has 20 heavy (non-hydrogen) atoms. The third-order valence-corrected chi connectivity index (χ3v) is 3.56. The van der Waals surface area contributed by atoms with Crippen molar-refractivity contribution in [2.45, 2.75) is 33.3 Å². The summed E-state index contributed by atoms with van der Waals surface area (Å²) in [5.41, 5.74) is 0.899. The molecule has 1 N–H and O–H groups in total. The van der Waals surface area contributed by atoms with Gasteiger partial charge in [-0.3, -0.25) is 4.79 Å². The van der Waals surface area contributed by atoms with Crippen LogP contribution in [0.4, 0.5) is 0 Å². The predicted molar refractivity (Wildman–Crippen MR) is 79.6 cm³/mol. The van der Waals surface area contributed by atoms with E-state index in [1.54, 1.807) is 31.5 Å². The van der Waals surface area contributed by atoms with Crippen molar-refractivity contribution < 1.29 is 5.11 Å². The Kier molecular flexibility index (Phi) is 3.71. The SMILES string of the molecule is Cc1c(Cl)cccc1-n1nc(C(C)(C)O)c(=O)cc1C. The lowest BCUT2D eigenvalue weighted by Gasteiger charge is -2.19. The molecular formula is C15H17ClN2O2. The Morgan fingerprint density at radius 2 is 1.95 bits per heavy atom. The van der Waals surface area contributed by atoms with Gasteiger partial charge in [-0.15, -0.1) is 0 Å². The van der Waals surface area contributed by atoms with E-state index in [1.807, 2.05) is 19.1 Å². The van der Waals surface area contributed by atoms with E-state index >= 15 is 0 Å². The fourth-order valence-corrected chi connectivity index (χ4v) is 2.21. The number of aliphatic hydroxyl groups is 1. The molecule has 1 heterocycles. The zero-order valence-corrected chi connectivity index (χ0v) is 12.7. The van der Waals surface area contributed by atoms with E-state index in [4.69, 9.17) is 11.6 Å². The van der Waals surface area contributed by atoms with Gasteiger partial charge in [0.25, 0.3) is 0 Å². The van der Waals surface area contributed by atoms with Crippen LogP contribution in [0.2, 0.25) is 5.02 Å². The summed E-state index contributed by atoms with van der Waals surface area (Å²) in [6, 6.07) is 6.98. The van der Waals surface area contributed by atoms with Crippen LogP contribution < -0.4 is 5.43 Å². The van der Waals surface area contributed by atoms with E-state index in [0.717, 1.165) is 11.3 Å². The molecule has 2 rings (SSSR count). The largest absolute Gasteiger partial charge is 0.384 e. The Bertz CT molecular complexity index is 715. The normalized spacial score (nSPS) is 11.7. The molecule has 0 bridgehead atoms. The van der Waals surface area contributed by atoms with Crippen molar-refractivity contribution in [3.05, 3.63) is 56.5 Å². The van der Waals surface area contributed by atoms with Crippen LogP contribution in [0.5, 0.6) is 0 Å². The fourth-order valence-electron chi connectivity index (χ4n) is 2.04. The van der Waals surface area contributed by atoms with Gasteiger partial charge in [-0.1, -0.05) is 17.7 Å². The molecular weight excluding hydrogens is 276 g/mol. The van der Waals surface area contributed by atoms with Gasteiger partial charge >= 0.3 is 0 Å². The number of nitrogens with zero attached hydrogens (tertiary/aromatic N) is 2. The fraction of sp³-hybridized carbons (Fsp3) is 0.333. The number of hydrogen-bond donors (Lipinski definition) is 1. The molecule has 2 aromatic rings. The average Bonchev–Trinajstić information content (AvgIpc) is 2.32. The van der Waals surface area contributed by atoms with Crippen molar-refractivity contribution in [2.24, 2.45) is 0 Å². The molecule has 4 nitrogen and oxygen atoms in total. The second-order valence-electron chi connectivity index (χ2n) is 5.35. The minimum Gasteiger partial charge on any atom is -0.384 e. The minimum absolute atomic E-state index is 0.113. The highest BCUT2D eigenvalue weighted by molar-refractivity contribution is 6.31. The van der Waals surface area contributed by atoms with E-state index in [2.05, 4.69) is 5.10 Å². The maximum atomic E-state index is 12.0. The van der Waals surface area contributed by atoms with E-state index < -0.39 is 5.60 Å². The number of benzene rings is 1. The second kappa shape index (κ2) is 5.04. The van der Waals surface area contributed by atoms with Crippen molar-refractivity contribution in [2.75, 3.05) is 0 Å². The van der Waals surface area contributed by atoms with Crippen LogP contribution >= 0.6 is 11.6 Å². The van der Waals surface area contributed by atoms with Gasteiger partial charge in [-0.2, -0.15) is 5.10 Å². The Hall–Kier alpha value is -1.65. The summed E-state index contributed by atoms with van der Waals surface area (Å²) in [6.07, 6.45) is 0. The molecule has 0 aliphatic carbocycles. The molecule has 0 spiro atoms. The Morgan fingerprint density at radius 1 is 1.30 bits per heavy atom. The molecule has 0 saturated carbocycles. The van der Waals surface area contributed by atoms with Gasteiger partial charge in [0.1, 0.15) is 11.3 Å². The molecule has 0 atom stereocenters. The third kappa shape index (κ3) is 2.62.